The quantitative estimate of drug-likeness (QED) is 0.501. The first kappa shape index (κ1) is 19.6. The van der Waals surface area contributed by atoms with Crippen molar-refractivity contribution in [3.05, 3.63) is 82.6 Å². The molecule has 0 saturated carbocycles. The first-order chi connectivity index (χ1) is 13.5. The van der Waals surface area contributed by atoms with Crippen LogP contribution in [0.25, 0.3) is 11.1 Å². The van der Waals surface area contributed by atoms with Crippen LogP contribution in [0.15, 0.2) is 65.9 Å². The van der Waals surface area contributed by atoms with Gasteiger partial charge in [0.05, 0.1) is 0 Å². The fourth-order valence-electron chi connectivity index (χ4n) is 3.50. The Balaban J connectivity index is 1.70. The second kappa shape index (κ2) is 8.70. The molecular weight excluding hydrogens is 348 g/mol. The number of benzene rings is 2. The van der Waals surface area contributed by atoms with Crippen LogP contribution in [0.1, 0.15) is 42.9 Å². The van der Waals surface area contributed by atoms with Gasteiger partial charge in [0, 0.05) is 17.8 Å². The van der Waals surface area contributed by atoms with E-state index in [0.29, 0.717) is 12.3 Å². The number of amides is 1. The molecule has 4 heteroatoms. The molecule has 0 heterocycles. The van der Waals surface area contributed by atoms with E-state index in [4.69, 9.17) is 10.1 Å². The van der Waals surface area contributed by atoms with E-state index in [-0.39, 0.29) is 5.92 Å². The van der Waals surface area contributed by atoms with Crippen molar-refractivity contribution < 1.29 is 9.53 Å². The third-order valence-corrected chi connectivity index (χ3v) is 5.03. The third-order valence-electron chi connectivity index (χ3n) is 5.03. The van der Waals surface area contributed by atoms with E-state index in [2.05, 4.69) is 42.6 Å². The van der Waals surface area contributed by atoms with Crippen LogP contribution in [-0.2, 0) is 4.74 Å². The molecule has 0 bridgehead atoms. The Morgan fingerprint density at radius 1 is 1.14 bits per heavy atom. The zero-order valence-corrected chi connectivity index (χ0v) is 16.6. The fraction of sp³-hybridized carbons (Fsp3) is 0.250. The van der Waals surface area contributed by atoms with E-state index in [1.807, 2.05) is 25.1 Å². The van der Waals surface area contributed by atoms with Gasteiger partial charge in [-0.15, -0.1) is 0 Å². The van der Waals surface area contributed by atoms with Crippen LogP contribution in [0.5, 0.6) is 0 Å². The SMILES string of the molecule is CC/C(C=N)=C\C=C(/C)NC(=O)OCC1c2ccccc2-c2cc(C)ccc21. The summed E-state index contributed by atoms with van der Waals surface area (Å²) in [4.78, 5) is 12.2. The van der Waals surface area contributed by atoms with Gasteiger partial charge in [-0.25, -0.2) is 4.79 Å². The Morgan fingerprint density at radius 2 is 1.89 bits per heavy atom. The minimum Gasteiger partial charge on any atom is -0.448 e. The van der Waals surface area contributed by atoms with Gasteiger partial charge in [-0.2, -0.15) is 0 Å². The molecule has 2 N–H and O–H groups in total. The van der Waals surface area contributed by atoms with Crippen LogP contribution in [0.4, 0.5) is 4.79 Å². The summed E-state index contributed by atoms with van der Waals surface area (Å²) in [6.45, 7) is 6.17. The van der Waals surface area contributed by atoms with Crippen LogP contribution < -0.4 is 5.32 Å². The first-order valence-electron chi connectivity index (χ1n) is 9.55. The summed E-state index contributed by atoms with van der Waals surface area (Å²) >= 11 is 0. The zero-order chi connectivity index (χ0) is 20.1. The van der Waals surface area contributed by atoms with Gasteiger partial charge >= 0.3 is 6.09 Å². The third kappa shape index (κ3) is 4.22. The van der Waals surface area contributed by atoms with E-state index < -0.39 is 6.09 Å². The normalized spacial score (nSPS) is 15.6. The molecule has 0 aliphatic heterocycles. The molecule has 144 valence electrons. The smallest absolute Gasteiger partial charge is 0.411 e. The van der Waals surface area contributed by atoms with Crippen molar-refractivity contribution in [3.8, 4) is 11.1 Å². The van der Waals surface area contributed by atoms with Crippen molar-refractivity contribution >= 4 is 12.3 Å². The number of carbonyl (C=O) groups excluding carboxylic acids is 1. The van der Waals surface area contributed by atoms with Gasteiger partial charge in [-0.05, 0) is 54.2 Å². The number of hydrogen-bond acceptors (Lipinski definition) is 3. The second-order valence-corrected chi connectivity index (χ2v) is 7.04. The summed E-state index contributed by atoms with van der Waals surface area (Å²) in [6, 6.07) is 14.7. The lowest BCUT2D eigenvalue weighted by molar-refractivity contribution is 0.146. The molecule has 1 aliphatic rings. The molecule has 1 unspecified atom stereocenters. The van der Waals surface area contributed by atoms with Crippen LogP contribution in [0.2, 0.25) is 0 Å². The number of aryl methyl sites for hydroxylation is 1. The average molecular weight is 374 g/mol. The number of nitrogens with one attached hydrogen (secondary N) is 2. The number of fused-ring (bicyclic) bond motifs is 3. The molecule has 1 aliphatic carbocycles. The molecule has 2 aromatic rings. The van der Waals surface area contributed by atoms with E-state index in [1.165, 1.54) is 34.0 Å². The summed E-state index contributed by atoms with van der Waals surface area (Å²) < 4.78 is 5.54. The van der Waals surface area contributed by atoms with Gasteiger partial charge in [0.2, 0.25) is 0 Å². The van der Waals surface area contributed by atoms with Crippen molar-refractivity contribution in [1.29, 1.82) is 5.41 Å². The maximum Gasteiger partial charge on any atom is 0.411 e. The number of hydrogen-bond donors (Lipinski definition) is 2. The summed E-state index contributed by atoms with van der Waals surface area (Å²) in [5, 5.41) is 10.0. The lowest BCUT2D eigenvalue weighted by Gasteiger charge is -2.15. The molecule has 0 fully saturated rings. The van der Waals surface area contributed by atoms with Crippen molar-refractivity contribution in [2.75, 3.05) is 6.61 Å². The Bertz CT molecular complexity index is 957. The topological polar surface area (TPSA) is 62.2 Å². The van der Waals surface area contributed by atoms with E-state index in [1.54, 1.807) is 13.0 Å². The largest absolute Gasteiger partial charge is 0.448 e. The monoisotopic (exact) mass is 374 g/mol. The number of carbonyl (C=O) groups is 1. The first-order valence-corrected chi connectivity index (χ1v) is 9.55. The van der Waals surface area contributed by atoms with E-state index in [9.17, 15) is 4.79 Å². The summed E-state index contributed by atoms with van der Waals surface area (Å²) in [5.41, 5.74) is 7.64. The number of ether oxygens (including phenoxy) is 1. The zero-order valence-electron chi connectivity index (χ0n) is 16.6. The van der Waals surface area contributed by atoms with Crippen molar-refractivity contribution in [2.45, 2.75) is 33.1 Å². The Hall–Kier alpha value is -3.14. The van der Waals surface area contributed by atoms with Crippen molar-refractivity contribution in [1.82, 2.24) is 5.32 Å². The Kier molecular flexibility index (Phi) is 6.09. The highest BCUT2D eigenvalue weighted by atomic mass is 16.5. The van der Waals surface area contributed by atoms with Gasteiger partial charge in [-0.1, -0.05) is 61.0 Å². The minimum atomic E-state index is -0.465. The maximum atomic E-state index is 12.2. The molecule has 1 amide bonds. The molecule has 3 rings (SSSR count). The maximum absolute atomic E-state index is 12.2. The van der Waals surface area contributed by atoms with E-state index in [0.717, 1.165) is 12.0 Å². The van der Waals surface area contributed by atoms with Crippen LogP contribution in [0, 0.1) is 12.3 Å². The second-order valence-electron chi connectivity index (χ2n) is 7.04. The molecule has 1 atom stereocenters. The molecule has 2 aromatic carbocycles. The number of alkyl carbamates (subject to hydrolysis) is 1. The predicted molar refractivity (Wildman–Crippen MR) is 114 cm³/mol. The summed E-state index contributed by atoms with van der Waals surface area (Å²) in [7, 11) is 0. The molecule has 0 aromatic heterocycles. The summed E-state index contributed by atoms with van der Waals surface area (Å²) in [6.07, 6.45) is 5.24. The Labute approximate surface area is 166 Å². The van der Waals surface area contributed by atoms with E-state index >= 15 is 0 Å². The highest BCUT2D eigenvalue weighted by Crippen LogP contribution is 2.45. The predicted octanol–water partition coefficient (Wildman–Crippen LogP) is 5.72. The van der Waals surface area contributed by atoms with Gasteiger partial charge in [-0.3, -0.25) is 5.32 Å². The molecule has 0 spiro atoms. The molecular formula is C24H26N2O2. The fourth-order valence-corrected chi connectivity index (χ4v) is 3.50. The highest BCUT2D eigenvalue weighted by molar-refractivity contribution is 5.80. The molecule has 0 saturated heterocycles. The number of rotatable bonds is 6. The van der Waals surface area contributed by atoms with Crippen LogP contribution >= 0.6 is 0 Å². The highest BCUT2D eigenvalue weighted by Gasteiger charge is 2.29. The minimum absolute atomic E-state index is 0.0475. The van der Waals surface area contributed by atoms with Crippen LogP contribution in [-0.4, -0.2) is 18.9 Å². The van der Waals surface area contributed by atoms with Gasteiger partial charge in [0.25, 0.3) is 0 Å². The van der Waals surface area contributed by atoms with Crippen molar-refractivity contribution in [3.63, 3.8) is 0 Å². The summed E-state index contributed by atoms with van der Waals surface area (Å²) in [5.74, 6) is 0.0475. The molecule has 0 radical (unpaired) electrons. The standard InChI is InChI=1S/C24H26N2O2/c1-4-18(14-25)11-10-17(3)26-24(27)28-15-23-20-8-6-5-7-19(20)22-13-16(2)9-12-21(22)23/h5-14,23,25H,4,15H2,1-3H3,(H,26,27)/b17-10+,18-11+,25-14?. The lowest BCUT2D eigenvalue weighted by atomic mass is 9.97. The van der Waals surface area contributed by atoms with Gasteiger partial charge in [0.1, 0.15) is 6.61 Å². The van der Waals surface area contributed by atoms with Gasteiger partial charge in [0.15, 0.2) is 0 Å². The molecule has 4 nitrogen and oxygen atoms in total. The van der Waals surface area contributed by atoms with Crippen molar-refractivity contribution in [2.24, 2.45) is 0 Å². The van der Waals surface area contributed by atoms with Gasteiger partial charge < -0.3 is 10.1 Å². The Morgan fingerprint density at radius 3 is 2.64 bits per heavy atom. The molecule has 28 heavy (non-hydrogen) atoms. The van der Waals surface area contributed by atoms with Crippen LogP contribution in [0.3, 0.4) is 0 Å². The number of allylic oxidation sites excluding steroid dienone is 4. The average Bonchev–Trinajstić information content (AvgIpc) is 3.00. The lowest BCUT2D eigenvalue weighted by Crippen LogP contribution is -2.24.